The molecule has 1 aliphatic rings. The summed E-state index contributed by atoms with van der Waals surface area (Å²) in [5.41, 5.74) is 1.04. The van der Waals surface area contributed by atoms with Gasteiger partial charge in [-0.15, -0.1) is 0 Å². The quantitative estimate of drug-likeness (QED) is 0.727. The van der Waals surface area contributed by atoms with E-state index in [4.69, 9.17) is 0 Å². The van der Waals surface area contributed by atoms with Crippen LogP contribution in [-0.4, -0.2) is 40.8 Å². The number of hydrogen-bond donors (Lipinski definition) is 0. The van der Waals surface area contributed by atoms with Crippen LogP contribution in [0, 0.1) is 0 Å². The van der Waals surface area contributed by atoms with Gasteiger partial charge in [-0.05, 0) is 51.0 Å². The summed E-state index contributed by atoms with van der Waals surface area (Å²) < 4.78 is 0. The molecule has 2 aromatic rings. The van der Waals surface area contributed by atoms with Crippen molar-refractivity contribution in [3.63, 3.8) is 0 Å². The molecule has 0 aliphatic carbocycles. The van der Waals surface area contributed by atoms with Crippen LogP contribution < -0.4 is 4.90 Å². The van der Waals surface area contributed by atoms with Gasteiger partial charge in [-0.25, -0.2) is 4.98 Å². The normalized spacial score (nSPS) is 14.6. The second-order valence-electron chi connectivity index (χ2n) is 6.27. The summed E-state index contributed by atoms with van der Waals surface area (Å²) in [5, 5.41) is 0. The molecule has 25 heavy (non-hydrogen) atoms. The van der Waals surface area contributed by atoms with Crippen molar-refractivity contribution in [3.05, 3.63) is 59.8 Å². The average Bonchev–Trinajstić information content (AvgIpc) is 2.88. The first kappa shape index (κ1) is 17.1. The number of carbonyl (C=O) groups is 2. The second-order valence-corrected chi connectivity index (χ2v) is 6.27. The predicted octanol–water partition coefficient (Wildman–Crippen LogP) is 3.37. The van der Waals surface area contributed by atoms with E-state index in [1.54, 1.807) is 30.5 Å². The Kier molecular flexibility index (Phi) is 5.12. The molecule has 0 saturated carbocycles. The number of rotatable bonds is 7. The van der Waals surface area contributed by atoms with Crippen molar-refractivity contribution in [1.29, 1.82) is 0 Å². The average molecular weight is 337 g/mol. The molecule has 0 bridgehead atoms. The third kappa shape index (κ3) is 3.40. The second kappa shape index (κ2) is 7.47. The molecule has 5 heteroatoms. The van der Waals surface area contributed by atoms with Gasteiger partial charge in [0.25, 0.3) is 11.8 Å². The van der Waals surface area contributed by atoms with Gasteiger partial charge >= 0.3 is 0 Å². The van der Waals surface area contributed by atoms with Crippen LogP contribution in [0.1, 0.15) is 47.4 Å². The monoisotopic (exact) mass is 337 g/mol. The first-order valence-corrected chi connectivity index (χ1v) is 8.76. The summed E-state index contributed by atoms with van der Waals surface area (Å²) in [6.45, 7) is 5.58. The van der Waals surface area contributed by atoms with E-state index < -0.39 is 0 Å². The molecular formula is C20H23N3O2. The van der Waals surface area contributed by atoms with Gasteiger partial charge in [-0.1, -0.05) is 18.2 Å². The lowest BCUT2D eigenvalue weighted by Gasteiger charge is -2.29. The highest BCUT2D eigenvalue weighted by Gasteiger charge is 2.34. The molecular weight excluding hydrogens is 314 g/mol. The van der Waals surface area contributed by atoms with Crippen molar-refractivity contribution >= 4 is 17.6 Å². The van der Waals surface area contributed by atoms with Gasteiger partial charge < -0.3 is 4.90 Å². The van der Waals surface area contributed by atoms with Crippen molar-refractivity contribution in [1.82, 2.24) is 9.88 Å². The summed E-state index contributed by atoms with van der Waals surface area (Å²) in [6.07, 6.45) is 3.46. The van der Waals surface area contributed by atoms with E-state index in [2.05, 4.69) is 23.7 Å². The molecule has 0 spiro atoms. The Morgan fingerprint density at radius 1 is 1.04 bits per heavy atom. The molecule has 130 valence electrons. The molecule has 5 nitrogen and oxygen atoms in total. The van der Waals surface area contributed by atoms with E-state index in [1.807, 2.05) is 18.2 Å². The molecule has 0 radical (unpaired) electrons. The van der Waals surface area contributed by atoms with Gasteiger partial charge in [0.15, 0.2) is 0 Å². The van der Waals surface area contributed by atoms with Crippen molar-refractivity contribution < 1.29 is 9.59 Å². The van der Waals surface area contributed by atoms with Gasteiger partial charge in [0.05, 0.1) is 11.1 Å². The predicted molar refractivity (Wildman–Crippen MR) is 97.8 cm³/mol. The fraction of sp³-hybridized carbons (Fsp3) is 0.350. The zero-order valence-electron chi connectivity index (χ0n) is 14.7. The summed E-state index contributed by atoms with van der Waals surface area (Å²) >= 11 is 0. The highest BCUT2D eigenvalue weighted by atomic mass is 16.2. The van der Waals surface area contributed by atoms with Crippen molar-refractivity contribution in [3.8, 4) is 0 Å². The maximum absolute atomic E-state index is 12.4. The minimum absolute atomic E-state index is 0.176. The van der Waals surface area contributed by atoms with Gasteiger partial charge in [-0.3, -0.25) is 14.5 Å². The van der Waals surface area contributed by atoms with Crippen LogP contribution >= 0.6 is 0 Å². The Bertz CT molecular complexity index is 726. The number of hydrogen-bond acceptors (Lipinski definition) is 4. The first-order chi connectivity index (χ1) is 12.1. The van der Waals surface area contributed by atoms with Crippen LogP contribution in [0.5, 0.6) is 0 Å². The Balaban J connectivity index is 1.58. The Morgan fingerprint density at radius 3 is 2.24 bits per heavy atom. The summed E-state index contributed by atoms with van der Waals surface area (Å²) in [7, 11) is 0. The number of amides is 2. The van der Waals surface area contributed by atoms with E-state index in [9.17, 15) is 9.59 Å². The third-order valence-corrected chi connectivity index (χ3v) is 4.70. The van der Waals surface area contributed by atoms with Crippen molar-refractivity contribution in [2.75, 3.05) is 18.0 Å². The maximum atomic E-state index is 12.4. The standard InChI is InChI=1S/C20H23N3O2/c1-3-22(18-12-6-7-13-21-18)15(2)9-8-14-23-19(24)16-10-4-5-11-17(16)20(23)25/h4-7,10-13,15H,3,8-9,14H2,1-2H3. The summed E-state index contributed by atoms with van der Waals surface area (Å²) in [6, 6.07) is 13.2. The molecule has 3 rings (SSSR count). The molecule has 1 aliphatic heterocycles. The number of pyridine rings is 1. The van der Waals surface area contributed by atoms with Crippen LogP contribution in [0.2, 0.25) is 0 Å². The zero-order chi connectivity index (χ0) is 17.8. The van der Waals surface area contributed by atoms with Crippen LogP contribution in [0.4, 0.5) is 5.82 Å². The number of aromatic nitrogens is 1. The SMILES string of the molecule is CCN(c1ccccn1)C(C)CCCN1C(=O)c2ccccc2C1=O. The van der Waals surface area contributed by atoms with Crippen LogP contribution in [-0.2, 0) is 0 Å². The zero-order valence-corrected chi connectivity index (χ0v) is 14.7. The number of anilines is 1. The first-order valence-electron chi connectivity index (χ1n) is 8.76. The van der Waals surface area contributed by atoms with E-state index in [0.717, 1.165) is 25.2 Å². The number of imide groups is 1. The molecule has 1 aromatic carbocycles. The molecule has 2 amide bonds. The fourth-order valence-corrected chi connectivity index (χ4v) is 3.37. The largest absolute Gasteiger partial charge is 0.354 e. The Morgan fingerprint density at radius 2 is 1.68 bits per heavy atom. The smallest absolute Gasteiger partial charge is 0.261 e. The molecule has 0 saturated heterocycles. The molecule has 1 aromatic heterocycles. The Hall–Kier alpha value is -2.69. The maximum Gasteiger partial charge on any atom is 0.261 e. The number of carbonyl (C=O) groups excluding carboxylic acids is 2. The lowest BCUT2D eigenvalue weighted by molar-refractivity contribution is 0.0651. The van der Waals surface area contributed by atoms with Gasteiger partial charge in [0.2, 0.25) is 0 Å². The topological polar surface area (TPSA) is 53.5 Å². The lowest BCUT2D eigenvalue weighted by atomic mass is 10.1. The van der Waals surface area contributed by atoms with Crippen molar-refractivity contribution in [2.45, 2.75) is 32.7 Å². The van der Waals surface area contributed by atoms with Crippen LogP contribution in [0.3, 0.4) is 0 Å². The Labute approximate surface area is 148 Å². The highest BCUT2D eigenvalue weighted by molar-refractivity contribution is 6.21. The van der Waals surface area contributed by atoms with Crippen LogP contribution in [0.15, 0.2) is 48.7 Å². The van der Waals surface area contributed by atoms with Crippen molar-refractivity contribution in [2.24, 2.45) is 0 Å². The van der Waals surface area contributed by atoms with E-state index in [-0.39, 0.29) is 17.9 Å². The molecule has 0 fully saturated rings. The molecule has 2 heterocycles. The summed E-state index contributed by atoms with van der Waals surface area (Å²) in [5.74, 6) is 0.605. The minimum Gasteiger partial charge on any atom is -0.354 e. The highest BCUT2D eigenvalue weighted by Crippen LogP contribution is 2.23. The molecule has 1 unspecified atom stereocenters. The number of benzene rings is 1. The lowest BCUT2D eigenvalue weighted by Crippen LogP contribution is -2.35. The molecule has 1 atom stereocenters. The van der Waals surface area contributed by atoms with Gasteiger partial charge in [-0.2, -0.15) is 0 Å². The van der Waals surface area contributed by atoms with E-state index >= 15 is 0 Å². The third-order valence-electron chi connectivity index (χ3n) is 4.70. The van der Waals surface area contributed by atoms with E-state index in [1.165, 1.54) is 4.90 Å². The molecule has 0 N–H and O–H groups in total. The van der Waals surface area contributed by atoms with Gasteiger partial charge in [0.1, 0.15) is 5.82 Å². The number of fused-ring (bicyclic) bond motifs is 1. The van der Waals surface area contributed by atoms with Crippen LogP contribution in [0.25, 0.3) is 0 Å². The van der Waals surface area contributed by atoms with Gasteiger partial charge in [0, 0.05) is 25.3 Å². The number of nitrogens with zero attached hydrogens (tertiary/aromatic N) is 3. The minimum atomic E-state index is -0.176. The van der Waals surface area contributed by atoms with E-state index in [0.29, 0.717) is 17.7 Å². The summed E-state index contributed by atoms with van der Waals surface area (Å²) in [4.78, 5) is 32.8. The fourth-order valence-electron chi connectivity index (χ4n) is 3.37.